The van der Waals surface area contributed by atoms with Crippen molar-refractivity contribution >= 4 is 11.6 Å². The molecule has 98 valence electrons. The Labute approximate surface area is 107 Å². The van der Waals surface area contributed by atoms with Gasteiger partial charge in [-0.15, -0.1) is 0 Å². The van der Waals surface area contributed by atoms with Gasteiger partial charge in [0.05, 0.1) is 0 Å². The first-order valence-corrected chi connectivity index (χ1v) is 6.42. The Bertz CT molecular complexity index is 445. The smallest absolute Gasteiger partial charge is 0.227 e. The molecule has 0 bridgehead atoms. The van der Waals surface area contributed by atoms with Crippen LogP contribution in [0.2, 0.25) is 0 Å². The summed E-state index contributed by atoms with van der Waals surface area (Å²) in [7, 11) is 0. The first kappa shape index (κ1) is 12.9. The molecule has 1 amide bonds. The number of nitrogens with two attached hydrogens (primary N) is 1. The van der Waals surface area contributed by atoms with E-state index in [-0.39, 0.29) is 17.6 Å². The molecular formula is C14H20N2O2. The topological polar surface area (TPSA) is 75.3 Å². The van der Waals surface area contributed by atoms with Gasteiger partial charge in [-0.25, -0.2) is 0 Å². The molecule has 1 aromatic carbocycles. The van der Waals surface area contributed by atoms with E-state index in [1.807, 2.05) is 6.92 Å². The fraction of sp³-hybridized carbons (Fsp3) is 0.500. The zero-order valence-electron chi connectivity index (χ0n) is 10.6. The van der Waals surface area contributed by atoms with E-state index >= 15 is 0 Å². The predicted molar refractivity (Wildman–Crippen MR) is 71.4 cm³/mol. The summed E-state index contributed by atoms with van der Waals surface area (Å²) in [6.07, 6.45) is 3.04. The maximum Gasteiger partial charge on any atom is 0.227 e. The van der Waals surface area contributed by atoms with E-state index in [2.05, 4.69) is 5.32 Å². The molecule has 1 saturated carbocycles. The van der Waals surface area contributed by atoms with Crippen LogP contribution in [0, 0.1) is 18.8 Å². The average Bonchev–Trinajstić information content (AvgIpc) is 2.81. The van der Waals surface area contributed by atoms with Gasteiger partial charge in [-0.1, -0.05) is 6.42 Å². The van der Waals surface area contributed by atoms with Crippen LogP contribution in [-0.2, 0) is 4.79 Å². The fourth-order valence-corrected chi connectivity index (χ4v) is 2.68. The molecule has 1 fully saturated rings. The SMILES string of the molecule is Cc1cc(O)ccc1NC(=O)C1CCCC1CN. The van der Waals surface area contributed by atoms with Crippen LogP contribution in [0.1, 0.15) is 24.8 Å². The van der Waals surface area contributed by atoms with Crippen LogP contribution in [0.4, 0.5) is 5.69 Å². The number of hydrogen-bond donors (Lipinski definition) is 3. The Balaban J connectivity index is 2.07. The van der Waals surface area contributed by atoms with Crippen molar-refractivity contribution in [1.82, 2.24) is 0 Å². The Hall–Kier alpha value is -1.55. The third-order valence-corrected chi connectivity index (χ3v) is 3.77. The van der Waals surface area contributed by atoms with Crippen molar-refractivity contribution in [1.29, 1.82) is 0 Å². The summed E-state index contributed by atoms with van der Waals surface area (Å²) < 4.78 is 0. The van der Waals surface area contributed by atoms with Crippen LogP contribution < -0.4 is 11.1 Å². The zero-order chi connectivity index (χ0) is 13.1. The molecule has 0 aromatic heterocycles. The Kier molecular flexibility index (Phi) is 3.87. The van der Waals surface area contributed by atoms with Gasteiger partial charge < -0.3 is 16.2 Å². The van der Waals surface area contributed by atoms with Crippen molar-refractivity contribution in [2.45, 2.75) is 26.2 Å². The Morgan fingerprint density at radius 2 is 2.28 bits per heavy atom. The summed E-state index contributed by atoms with van der Waals surface area (Å²) >= 11 is 0. The molecule has 18 heavy (non-hydrogen) atoms. The summed E-state index contributed by atoms with van der Waals surface area (Å²) in [4.78, 5) is 12.2. The molecule has 0 spiro atoms. The first-order valence-electron chi connectivity index (χ1n) is 6.42. The van der Waals surface area contributed by atoms with Crippen LogP contribution in [0.15, 0.2) is 18.2 Å². The lowest BCUT2D eigenvalue weighted by atomic mass is 9.95. The number of phenols is 1. The first-order chi connectivity index (χ1) is 8.61. The molecule has 4 N–H and O–H groups in total. The number of carbonyl (C=O) groups is 1. The summed E-state index contributed by atoms with van der Waals surface area (Å²) in [5.41, 5.74) is 7.32. The minimum absolute atomic E-state index is 0.0307. The van der Waals surface area contributed by atoms with E-state index in [0.717, 1.165) is 30.5 Å². The van der Waals surface area contributed by atoms with Crippen LogP contribution in [0.3, 0.4) is 0 Å². The van der Waals surface area contributed by atoms with Crippen molar-refractivity contribution in [2.24, 2.45) is 17.6 Å². The van der Waals surface area contributed by atoms with Crippen LogP contribution >= 0.6 is 0 Å². The Morgan fingerprint density at radius 1 is 1.50 bits per heavy atom. The lowest BCUT2D eigenvalue weighted by Crippen LogP contribution is -2.29. The van der Waals surface area contributed by atoms with E-state index in [9.17, 15) is 9.90 Å². The van der Waals surface area contributed by atoms with Gasteiger partial charge in [-0.05, 0) is 56.0 Å². The van der Waals surface area contributed by atoms with E-state index in [1.54, 1.807) is 18.2 Å². The van der Waals surface area contributed by atoms with Crippen molar-refractivity contribution in [3.05, 3.63) is 23.8 Å². The standard InChI is InChI=1S/C14H20N2O2/c1-9-7-11(17)5-6-13(9)16-14(18)12-4-2-3-10(12)8-15/h5-7,10,12,17H,2-4,8,15H2,1H3,(H,16,18). The molecule has 4 heteroatoms. The minimum Gasteiger partial charge on any atom is -0.508 e. The van der Waals surface area contributed by atoms with E-state index in [0.29, 0.717) is 12.5 Å². The Morgan fingerprint density at radius 3 is 2.94 bits per heavy atom. The number of carbonyl (C=O) groups excluding carboxylic acids is 1. The number of anilines is 1. The third-order valence-electron chi connectivity index (χ3n) is 3.77. The normalized spacial score (nSPS) is 23.0. The molecule has 1 aliphatic rings. The van der Waals surface area contributed by atoms with E-state index < -0.39 is 0 Å². The molecule has 2 atom stereocenters. The summed E-state index contributed by atoms with van der Waals surface area (Å²) in [6.45, 7) is 2.44. The van der Waals surface area contributed by atoms with Crippen LogP contribution in [-0.4, -0.2) is 17.6 Å². The minimum atomic E-state index is 0.0307. The monoisotopic (exact) mass is 248 g/mol. The fourth-order valence-electron chi connectivity index (χ4n) is 2.68. The van der Waals surface area contributed by atoms with E-state index in [1.165, 1.54) is 0 Å². The molecule has 0 aliphatic heterocycles. The second-order valence-corrected chi connectivity index (χ2v) is 5.02. The van der Waals surface area contributed by atoms with Gasteiger partial charge in [0.15, 0.2) is 0 Å². The number of benzene rings is 1. The summed E-state index contributed by atoms with van der Waals surface area (Å²) in [6, 6.07) is 4.96. The molecule has 2 rings (SSSR count). The van der Waals surface area contributed by atoms with Crippen molar-refractivity contribution in [3.63, 3.8) is 0 Å². The number of phenolic OH excluding ortho intramolecular Hbond substituents is 1. The molecular weight excluding hydrogens is 228 g/mol. The number of amides is 1. The average molecular weight is 248 g/mol. The number of aryl methyl sites for hydroxylation is 1. The van der Waals surface area contributed by atoms with Crippen molar-refractivity contribution in [3.8, 4) is 5.75 Å². The van der Waals surface area contributed by atoms with Crippen LogP contribution in [0.5, 0.6) is 5.75 Å². The van der Waals surface area contributed by atoms with Gasteiger partial charge in [0.1, 0.15) is 5.75 Å². The summed E-state index contributed by atoms with van der Waals surface area (Å²) in [5.74, 6) is 0.605. The van der Waals surface area contributed by atoms with Gasteiger partial charge in [0.25, 0.3) is 0 Å². The van der Waals surface area contributed by atoms with Crippen molar-refractivity contribution in [2.75, 3.05) is 11.9 Å². The summed E-state index contributed by atoms with van der Waals surface area (Å²) in [5, 5.41) is 12.3. The lowest BCUT2D eigenvalue weighted by molar-refractivity contribution is -0.120. The second kappa shape index (κ2) is 5.40. The van der Waals surface area contributed by atoms with Crippen molar-refractivity contribution < 1.29 is 9.90 Å². The highest BCUT2D eigenvalue weighted by molar-refractivity contribution is 5.93. The number of aromatic hydroxyl groups is 1. The highest BCUT2D eigenvalue weighted by Gasteiger charge is 2.31. The maximum atomic E-state index is 12.2. The lowest BCUT2D eigenvalue weighted by Gasteiger charge is -2.18. The van der Waals surface area contributed by atoms with Gasteiger partial charge in [-0.3, -0.25) is 4.79 Å². The van der Waals surface area contributed by atoms with Gasteiger partial charge in [-0.2, -0.15) is 0 Å². The highest BCUT2D eigenvalue weighted by Crippen LogP contribution is 2.32. The van der Waals surface area contributed by atoms with Gasteiger partial charge in [0, 0.05) is 11.6 Å². The largest absolute Gasteiger partial charge is 0.508 e. The molecule has 0 saturated heterocycles. The molecule has 2 unspecified atom stereocenters. The maximum absolute atomic E-state index is 12.2. The second-order valence-electron chi connectivity index (χ2n) is 5.02. The molecule has 1 aliphatic carbocycles. The molecule has 1 aromatic rings. The molecule has 0 heterocycles. The highest BCUT2D eigenvalue weighted by atomic mass is 16.3. The van der Waals surface area contributed by atoms with Crippen LogP contribution in [0.25, 0.3) is 0 Å². The number of rotatable bonds is 3. The third kappa shape index (κ3) is 2.64. The number of nitrogens with one attached hydrogen (secondary N) is 1. The van der Waals surface area contributed by atoms with Gasteiger partial charge in [0.2, 0.25) is 5.91 Å². The predicted octanol–water partition coefficient (Wildman–Crippen LogP) is 2.01. The zero-order valence-corrected chi connectivity index (χ0v) is 10.6. The van der Waals surface area contributed by atoms with E-state index in [4.69, 9.17) is 5.73 Å². The van der Waals surface area contributed by atoms with Gasteiger partial charge >= 0.3 is 0 Å². The number of hydrogen-bond acceptors (Lipinski definition) is 3. The quantitative estimate of drug-likeness (QED) is 0.716. The molecule has 0 radical (unpaired) electrons. The molecule has 4 nitrogen and oxygen atoms in total.